The average molecular weight is 316 g/mol. The largest absolute Gasteiger partial charge is 0.368 e. The Morgan fingerprint density at radius 1 is 1.23 bits per heavy atom. The second-order valence-corrected chi connectivity index (χ2v) is 7.05. The average Bonchev–Trinajstić information content (AvgIpc) is 2.90. The number of benzene rings is 1. The number of nitrogens with two attached hydrogens (primary N) is 1. The second kappa shape index (κ2) is 5.51. The summed E-state index contributed by atoms with van der Waals surface area (Å²) in [6.45, 7) is 2.48. The number of fused-ring (bicyclic) bond motifs is 1. The van der Waals surface area contributed by atoms with Crippen molar-refractivity contribution in [3.05, 3.63) is 58.3 Å². The Bertz CT molecular complexity index is 829. The van der Waals surface area contributed by atoms with Crippen molar-refractivity contribution in [2.24, 2.45) is 0 Å². The third-order valence-corrected chi connectivity index (χ3v) is 4.97. The molecule has 0 saturated heterocycles. The molecule has 1 aliphatic heterocycles. The number of rotatable bonds is 3. The van der Waals surface area contributed by atoms with Gasteiger partial charge in [-0.2, -0.15) is 4.31 Å². The molecule has 1 aromatic heterocycles. The number of anilines is 1. The Morgan fingerprint density at radius 3 is 2.68 bits per heavy atom. The SMILES string of the molecule is Cc1ccc(C=CS(=O)(=O)N2Cc3cnc(N)nc3C2)cc1. The van der Waals surface area contributed by atoms with E-state index in [-0.39, 0.29) is 19.0 Å². The number of aryl methyl sites for hydroxylation is 1. The first kappa shape index (κ1) is 14.7. The maximum atomic E-state index is 12.4. The third-order valence-electron chi connectivity index (χ3n) is 3.52. The molecule has 0 spiro atoms. The van der Waals surface area contributed by atoms with E-state index in [1.54, 1.807) is 12.3 Å². The van der Waals surface area contributed by atoms with Crippen LogP contribution in [-0.2, 0) is 23.1 Å². The van der Waals surface area contributed by atoms with Crippen LogP contribution in [0.3, 0.4) is 0 Å². The van der Waals surface area contributed by atoms with E-state index in [2.05, 4.69) is 9.97 Å². The molecule has 3 rings (SSSR count). The van der Waals surface area contributed by atoms with Crippen LogP contribution in [0.5, 0.6) is 0 Å². The van der Waals surface area contributed by atoms with E-state index >= 15 is 0 Å². The van der Waals surface area contributed by atoms with Gasteiger partial charge in [0.1, 0.15) is 0 Å². The Labute approximate surface area is 129 Å². The number of aromatic nitrogens is 2. The van der Waals surface area contributed by atoms with Gasteiger partial charge in [-0.05, 0) is 18.6 Å². The molecule has 1 aromatic carbocycles. The van der Waals surface area contributed by atoms with Gasteiger partial charge in [-0.25, -0.2) is 18.4 Å². The van der Waals surface area contributed by atoms with Gasteiger partial charge in [-0.15, -0.1) is 0 Å². The number of nitrogens with zero attached hydrogens (tertiary/aromatic N) is 3. The van der Waals surface area contributed by atoms with Crippen molar-refractivity contribution in [3.8, 4) is 0 Å². The van der Waals surface area contributed by atoms with Crippen LogP contribution in [0.15, 0.2) is 35.9 Å². The van der Waals surface area contributed by atoms with Crippen molar-refractivity contribution in [1.82, 2.24) is 14.3 Å². The fourth-order valence-electron chi connectivity index (χ4n) is 2.25. The smallest absolute Gasteiger partial charge is 0.236 e. The summed E-state index contributed by atoms with van der Waals surface area (Å²) in [6, 6.07) is 7.64. The molecular weight excluding hydrogens is 300 g/mol. The fourth-order valence-corrected chi connectivity index (χ4v) is 3.37. The fraction of sp³-hybridized carbons (Fsp3) is 0.200. The lowest BCUT2D eigenvalue weighted by atomic mass is 10.2. The van der Waals surface area contributed by atoms with Crippen molar-refractivity contribution in [2.45, 2.75) is 20.0 Å². The summed E-state index contributed by atoms with van der Waals surface area (Å²) in [5.74, 6) is 0.160. The maximum absolute atomic E-state index is 12.4. The van der Waals surface area contributed by atoms with Gasteiger partial charge in [-0.3, -0.25) is 0 Å². The summed E-state index contributed by atoms with van der Waals surface area (Å²) in [5, 5.41) is 1.22. The highest BCUT2D eigenvalue weighted by Gasteiger charge is 2.28. The number of sulfonamides is 1. The molecule has 114 valence electrons. The third kappa shape index (κ3) is 3.00. The first-order chi connectivity index (χ1) is 10.4. The molecule has 0 unspecified atom stereocenters. The summed E-state index contributed by atoms with van der Waals surface area (Å²) in [4.78, 5) is 7.98. The van der Waals surface area contributed by atoms with Crippen LogP contribution in [0.1, 0.15) is 22.4 Å². The Kier molecular flexibility index (Phi) is 3.67. The summed E-state index contributed by atoms with van der Waals surface area (Å²) in [7, 11) is -3.50. The number of hydrogen-bond donors (Lipinski definition) is 1. The minimum absolute atomic E-state index is 0.160. The van der Waals surface area contributed by atoms with E-state index < -0.39 is 10.0 Å². The van der Waals surface area contributed by atoms with E-state index in [1.165, 1.54) is 9.71 Å². The summed E-state index contributed by atoms with van der Waals surface area (Å²) in [5.41, 5.74) is 8.96. The predicted octanol–water partition coefficient (Wildman–Crippen LogP) is 1.68. The Hall–Kier alpha value is -2.25. The zero-order valence-electron chi connectivity index (χ0n) is 12.1. The standard InChI is InChI=1S/C15H16N4O2S/c1-11-2-4-12(5-3-11)6-7-22(20,21)19-9-13-8-17-15(16)18-14(13)10-19/h2-8H,9-10H2,1H3,(H2,16,17,18). The lowest BCUT2D eigenvalue weighted by molar-refractivity contribution is 0.437. The molecule has 0 saturated carbocycles. The van der Waals surface area contributed by atoms with Gasteiger partial charge in [0, 0.05) is 23.7 Å². The first-order valence-electron chi connectivity index (χ1n) is 6.79. The molecule has 0 amide bonds. The predicted molar refractivity (Wildman–Crippen MR) is 84.8 cm³/mol. The highest BCUT2D eigenvalue weighted by atomic mass is 32.2. The van der Waals surface area contributed by atoms with Gasteiger partial charge in [0.05, 0.1) is 12.2 Å². The van der Waals surface area contributed by atoms with Gasteiger partial charge >= 0.3 is 0 Å². The van der Waals surface area contributed by atoms with Crippen LogP contribution >= 0.6 is 0 Å². The molecule has 0 bridgehead atoms. The number of hydrogen-bond acceptors (Lipinski definition) is 5. The van der Waals surface area contributed by atoms with E-state index in [9.17, 15) is 8.42 Å². The molecule has 1 aliphatic rings. The second-order valence-electron chi connectivity index (χ2n) is 5.23. The first-order valence-corrected chi connectivity index (χ1v) is 8.29. The summed E-state index contributed by atoms with van der Waals surface area (Å²) in [6.07, 6.45) is 3.18. The molecule has 0 atom stereocenters. The summed E-state index contributed by atoms with van der Waals surface area (Å²) >= 11 is 0. The van der Waals surface area contributed by atoms with Gasteiger partial charge in [0.15, 0.2) is 0 Å². The van der Waals surface area contributed by atoms with Gasteiger partial charge in [-0.1, -0.05) is 29.8 Å². The van der Waals surface area contributed by atoms with Crippen LogP contribution in [0.25, 0.3) is 6.08 Å². The highest BCUT2D eigenvalue weighted by Crippen LogP contribution is 2.24. The molecule has 0 fully saturated rings. The highest BCUT2D eigenvalue weighted by molar-refractivity contribution is 7.92. The zero-order valence-corrected chi connectivity index (χ0v) is 12.9. The van der Waals surface area contributed by atoms with Gasteiger partial charge in [0.25, 0.3) is 0 Å². The van der Waals surface area contributed by atoms with Crippen LogP contribution in [0.4, 0.5) is 5.95 Å². The zero-order chi connectivity index (χ0) is 15.7. The molecule has 0 aliphatic carbocycles. The van der Waals surface area contributed by atoms with Gasteiger partial charge in [0.2, 0.25) is 16.0 Å². The molecular formula is C15H16N4O2S. The molecule has 6 nitrogen and oxygen atoms in total. The van der Waals surface area contributed by atoms with Crippen molar-refractivity contribution in [2.75, 3.05) is 5.73 Å². The van der Waals surface area contributed by atoms with Crippen molar-refractivity contribution < 1.29 is 8.42 Å². The molecule has 2 aromatic rings. The lowest BCUT2D eigenvalue weighted by Gasteiger charge is -2.11. The monoisotopic (exact) mass is 316 g/mol. The molecule has 2 heterocycles. The van der Waals surface area contributed by atoms with Crippen molar-refractivity contribution >= 4 is 22.0 Å². The van der Waals surface area contributed by atoms with Crippen LogP contribution in [-0.4, -0.2) is 22.7 Å². The van der Waals surface area contributed by atoms with Crippen molar-refractivity contribution in [1.29, 1.82) is 0 Å². The molecule has 2 N–H and O–H groups in total. The Morgan fingerprint density at radius 2 is 1.95 bits per heavy atom. The van der Waals surface area contributed by atoms with Crippen LogP contribution in [0, 0.1) is 6.92 Å². The number of nitrogen functional groups attached to an aromatic ring is 1. The van der Waals surface area contributed by atoms with E-state index in [0.717, 1.165) is 16.7 Å². The van der Waals surface area contributed by atoms with Crippen LogP contribution in [0.2, 0.25) is 0 Å². The minimum Gasteiger partial charge on any atom is -0.368 e. The lowest BCUT2D eigenvalue weighted by Crippen LogP contribution is -2.23. The van der Waals surface area contributed by atoms with E-state index in [0.29, 0.717) is 5.69 Å². The van der Waals surface area contributed by atoms with Crippen LogP contribution < -0.4 is 5.73 Å². The maximum Gasteiger partial charge on any atom is 0.236 e. The van der Waals surface area contributed by atoms with Crippen molar-refractivity contribution in [3.63, 3.8) is 0 Å². The quantitative estimate of drug-likeness (QED) is 0.930. The van der Waals surface area contributed by atoms with Gasteiger partial charge < -0.3 is 5.73 Å². The molecule has 22 heavy (non-hydrogen) atoms. The Balaban J connectivity index is 1.79. The molecule has 7 heteroatoms. The normalized spacial score (nSPS) is 15.3. The van der Waals surface area contributed by atoms with E-state index in [1.807, 2.05) is 31.2 Å². The topological polar surface area (TPSA) is 89.2 Å². The summed E-state index contributed by atoms with van der Waals surface area (Å²) < 4.78 is 26.1. The minimum atomic E-state index is -3.50. The molecule has 0 radical (unpaired) electrons. The van der Waals surface area contributed by atoms with E-state index in [4.69, 9.17) is 5.73 Å².